The van der Waals surface area contributed by atoms with Crippen molar-refractivity contribution in [3.05, 3.63) is 35.4 Å². The molecule has 1 fully saturated rings. The van der Waals surface area contributed by atoms with Gasteiger partial charge in [0.25, 0.3) is 0 Å². The molecule has 82 valence electrons. The van der Waals surface area contributed by atoms with Gasteiger partial charge in [-0.05, 0) is 24.6 Å². The van der Waals surface area contributed by atoms with Gasteiger partial charge in [-0.1, -0.05) is 31.2 Å². The first-order chi connectivity index (χ1) is 7.28. The maximum atomic E-state index is 5.77. The molecule has 1 aromatic carbocycles. The summed E-state index contributed by atoms with van der Waals surface area (Å²) in [5.41, 5.74) is 2.67. The highest BCUT2D eigenvalue weighted by molar-refractivity contribution is 5.21. The van der Waals surface area contributed by atoms with E-state index in [9.17, 15) is 0 Å². The molecule has 2 nitrogen and oxygen atoms in total. The summed E-state index contributed by atoms with van der Waals surface area (Å²) in [5, 5.41) is 0. The van der Waals surface area contributed by atoms with Crippen molar-refractivity contribution in [2.45, 2.75) is 26.1 Å². The standard InChI is InChI=1S/C13H19NO/c1-3-11-4-6-12(7-5-11)10-15-13-8-14(2)9-13/h4-7,13H,3,8-10H2,1-2H3. The number of ether oxygens (including phenoxy) is 1. The molecule has 0 radical (unpaired) electrons. The Bertz CT molecular complexity index is 301. The van der Waals surface area contributed by atoms with Crippen molar-refractivity contribution in [1.29, 1.82) is 0 Å². The van der Waals surface area contributed by atoms with E-state index in [4.69, 9.17) is 4.74 Å². The van der Waals surface area contributed by atoms with Crippen LogP contribution in [0.15, 0.2) is 24.3 Å². The highest BCUT2D eigenvalue weighted by Crippen LogP contribution is 2.12. The second-order valence-corrected chi connectivity index (χ2v) is 4.32. The van der Waals surface area contributed by atoms with Gasteiger partial charge in [-0.3, -0.25) is 0 Å². The monoisotopic (exact) mass is 205 g/mol. The van der Waals surface area contributed by atoms with Crippen molar-refractivity contribution in [2.75, 3.05) is 20.1 Å². The van der Waals surface area contributed by atoms with Crippen molar-refractivity contribution in [3.63, 3.8) is 0 Å². The van der Waals surface area contributed by atoms with Crippen LogP contribution in [0.1, 0.15) is 18.1 Å². The number of hydrogen-bond acceptors (Lipinski definition) is 2. The molecular formula is C13H19NO. The summed E-state index contributed by atoms with van der Waals surface area (Å²) in [6, 6.07) is 8.71. The summed E-state index contributed by atoms with van der Waals surface area (Å²) >= 11 is 0. The fourth-order valence-corrected chi connectivity index (χ4v) is 1.83. The van der Waals surface area contributed by atoms with Crippen LogP contribution < -0.4 is 0 Å². The zero-order valence-corrected chi connectivity index (χ0v) is 9.57. The summed E-state index contributed by atoms with van der Waals surface area (Å²) in [5.74, 6) is 0. The Hall–Kier alpha value is -0.860. The van der Waals surface area contributed by atoms with Gasteiger partial charge in [0.1, 0.15) is 0 Å². The molecule has 1 heterocycles. The maximum absolute atomic E-state index is 5.77. The van der Waals surface area contributed by atoms with E-state index in [1.165, 1.54) is 11.1 Å². The van der Waals surface area contributed by atoms with E-state index in [1.54, 1.807) is 0 Å². The van der Waals surface area contributed by atoms with E-state index < -0.39 is 0 Å². The fraction of sp³-hybridized carbons (Fsp3) is 0.538. The quantitative estimate of drug-likeness (QED) is 0.746. The number of rotatable bonds is 4. The third-order valence-corrected chi connectivity index (χ3v) is 2.95. The van der Waals surface area contributed by atoms with Crippen LogP contribution in [-0.4, -0.2) is 31.1 Å². The Morgan fingerprint density at radius 2 is 1.80 bits per heavy atom. The molecule has 0 spiro atoms. The lowest BCUT2D eigenvalue weighted by Crippen LogP contribution is -2.49. The molecule has 0 atom stereocenters. The number of likely N-dealkylation sites (tertiary alicyclic amines) is 1. The topological polar surface area (TPSA) is 12.5 Å². The van der Waals surface area contributed by atoms with Gasteiger partial charge < -0.3 is 9.64 Å². The number of aryl methyl sites for hydroxylation is 1. The number of hydrogen-bond donors (Lipinski definition) is 0. The molecule has 2 heteroatoms. The van der Waals surface area contributed by atoms with Gasteiger partial charge in [0.2, 0.25) is 0 Å². The average Bonchev–Trinajstić information content (AvgIpc) is 2.23. The second kappa shape index (κ2) is 4.77. The predicted molar refractivity (Wildman–Crippen MR) is 61.9 cm³/mol. The molecule has 0 aliphatic carbocycles. The lowest BCUT2D eigenvalue weighted by Gasteiger charge is -2.35. The van der Waals surface area contributed by atoms with Crippen molar-refractivity contribution in [1.82, 2.24) is 4.90 Å². The smallest absolute Gasteiger partial charge is 0.0832 e. The van der Waals surface area contributed by atoms with Gasteiger partial charge in [0, 0.05) is 13.1 Å². The van der Waals surface area contributed by atoms with Crippen LogP contribution in [0.3, 0.4) is 0 Å². The van der Waals surface area contributed by atoms with Crippen LogP contribution >= 0.6 is 0 Å². The SMILES string of the molecule is CCc1ccc(COC2CN(C)C2)cc1. The van der Waals surface area contributed by atoms with Crippen molar-refractivity contribution in [2.24, 2.45) is 0 Å². The lowest BCUT2D eigenvalue weighted by atomic mass is 10.1. The summed E-state index contributed by atoms with van der Waals surface area (Å²) in [7, 11) is 2.12. The second-order valence-electron chi connectivity index (χ2n) is 4.32. The van der Waals surface area contributed by atoms with Crippen LogP contribution in [0.2, 0.25) is 0 Å². The molecule has 0 unspecified atom stereocenters. The van der Waals surface area contributed by atoms with Gasteiger partial charge in [-0.25, -0.2) is 0 Å². The predicted octanol–water partition coefficient (Wildman–Crippen LogP) is 2.08. The molecule has 15 heavy (non-hydrogen) atoms. The van der Waals surface area contributed by atoms with Gasteiger partial charge in [-0.15, -0.1) is 0 Å². The Labute approximate surface area is 91.9 Å². The molecule has 0 saturated carbocycles. The van der Waals surface area contributed by atoms with Crippen LogP contribution in [-0.2, 0) is 17.8 Å². The molecule has 1 saturated heterocycles. The Kier molecular flexibility index (Phi) is 3.39. The van der Waals surface area contributed by atoms with E-state index in [0.717, 1.165) is 26.1 Å². The first kappa shape index (κ1) is 10.7. The minimum Gasteiger partial charge on any atom is -0.371 e. The molecule has 0 aromatic heterocycles. The largest absolute Gasteiger partial charge is 0.371 e. The third kappa shape index (κ3) is 2.80. The summed E-state index contributed by atoms with van der Waals surface area (Å²) in [6.07, 6.45) is 1.55. The molecule has 0 amide bonds. The summed E-state index contributed by atoms with van der Waals surface area (Å²) < 4.78 is 5.77. The van der Waals surface area contributed by atoms with Gasteiger partial charge in [0.15, 0.2) is 0 Å². The Balaban J connectivity index is 1.78. The van der Waals surface area contributed by atoms with Crippen LogP contribution in [0.5, 0.6) is 0 Å². The Morgan fingerprint density at radius 3 is 2.33 bits per heavy atom. The van der Waals surface area contributed by atoms with Crippen molar-refractivity contribution in [3.8, 4) is 0 Å². The lowest BCUT2D eigenvalue weighted by molar-refractivity contribution is -0.0518. The minimum absolute atomic E-state index is 0.445. The molecule has 2 rings (SSSR count). The third-order valence-electron chi connectivity index (χ3n) is 2.95. The van der Waals surface area contributed by atoms with Crippen LogP contribution in [0.25, 0.3) is 0 Å². The maximum Gasteiger partial charge on any atom is 0.0832 e. The normalized spacial score (nSPS) is 17.7. The summed E-state index contributed by atoms with van der Waals surface area (Å²) in [4.78, 5) is 2.27. The van der Waals surface area contributed by atoms with E-state index in [1.807, 2.05) is 0 Å². The van der Waals surface area contributed by atoms with Gasteiger partial charge in [0.05, 0.1) is 12.7 Å². The van der Waals surface area contributed by atoms with Crippen LogP contribution in [0, 0.1) is 0 Å². The van der Waals surface area contributed by atoms with E-state index in [2.05, 4.69) is 43.1 Å². The highest BCUT2D eigenvalue weighted by Gasteiger charge is 2.23. The summed E-state index contributed by atoms with van der Waals surface area (Å²) in [6.45, 7) is 5.08. The van der Waals surface area contributed by atoms with Crippen LogP contribution in [0.4, 0.5) is 0 Å². The average molecular weight is 205 g/mol. The van der Waals surface area contributed by atoms with Gasteiger partial charge >= 0.3 is 0 Å². The zero-order chi connectivity index (χ0) is 10.7. The number of likely N-dealkylation sites (N-methyl/N-ethyl adjacent to an activating group) is 1. The van der Waals surface area contributed by atoms with Gasteiger partial charge in [-0.2, -0.15) is 0 Å². The minimum atomic E-state index is 0.445. The molecule has 0 bridgehead atoms. The van der Waals surface area contributed by atoms with E-state index in [-0.39, 0.29) is 0 Å². The van der Waals surface area contributed by atoms with E-state index in [0.29, 0.717) is 6.10 Å². The Morgan fingerprint density at radius 1 is 1.20 bits per heavy atom. The molecule has 0 N–H and O–H groups in total. The van der Waals surface area contributed by atoms with E-state index >= 15 is 0 Å². The highest BCUT2D eigenvalue weighted by atomic mass is 16.5. The number of benzene rings is 1. The fourth-order valence-electron chi connectivity index (χ4n) is 1.83. The molecular weight excluding hydrogens is 186 g/mol. The molecule has 1 aromatic rings. The molecule has 1 aliphatic rings. The molecule has 1 aliphatic heterocycles. The first-order valence-electron chi connectivity index (χ1n) is 5.66. The van der Waals surface area contributed by atoms with Crippen molar-refractivity contribution < 1.29 is 4.74 Å². The number of nitrogens with zero attached hydrogens (tertiary/aromatic N) is 1. The van der Waals surface area contributed by atoms with Crippen molar-refractivity contribution >= 4 is 0 Å². The zero-order valence-electron chi connectivity index (χ0n) is 9.57. The first-order valence-corrected chi connectivity index (χ1v) is 5.66.